The van der Waals surface area contributed by atoms with Crippen LogP contribution in [0, 0.1) is 0 Å². The predicted octanol–water partition coefficient (Wildman–Crippen LogP) is 3.99. The van der Waals surface area contributed by atoms with Crippen LogP contribution in [0.3, 0.4) is 0 Å². The van der Waals surface area contributed by atoms with E-state index in [4.69, 9.17) is 32.2 Å². The van der Waals surface area contributed by atoms with Crippen molar-refractivity contribution in [1.29, 1.82) is 0 Å². The summed E-state index contributed by atoms with van der Waals surface area (Å²) in [6.07, 6.45) is 0. The Bertz CT molecular complexity index is 442. The van der Waals surface area contributed by atoms with E-state index in [1.807, 2.05) is 0 Å². The van der Waals surface area contributed by atoms with Crippen molar-refractivity contribution in [3.05, 3.63) is 34.9 Å². The molecule has 1 atom stereocenters. The van der Waals surface area contributed by atoms with Gasteiger partial charge in [0.05, 0.1) is 19.1 Å². The van der Waals surface area contributed by atoms with Crippen molar-refractivity contribution in [3.63, 3.8) is 0 Å². The van der Waals surface area contributed by atoms with Crippen LogP contribution in [0.1, 0.15) is 19.4 Å². The fraction of sp³-hybridized carbons (Fsp3) is 0.500. The Morgan fingerprint density at radius 1 is 1.21 bits per heavy atom. The molecule has 0 aliphatic rings. The van der Waals surface area contributed by atoms with E-state index in [0.717, 1.165) is 0 Å². The van der Waals surface area contributed by atoms with Crippen LogP contribution in [0.4, 0.5) is 0 Å². The minimum Gasteiger partial charge on any atom is -0.372 e. The van der Waals surface area contributed by atoms with Crippen molar-refractivity contribution in [2.45, 2.75) is 19.2 Å². The van der Waals surface area contributed by atoms with Gasteiger partial charge in [-0.05, 0) is 31.5 Å². The Labute approximate surface area is 123 Å². The lowest BCUT2D eigenvalue weighted by Crippen LogP contribution is -2.30. The summed E-state index contributed by atoms with van der Waals surface area (Å²) in [5.74, 6) is -0.314. The maximum Gasteiger partial charge on any atom is 0.367 e. The molecule has 108 valence electrons. The summed E-state index contributed by atoms with van der Waals surface area (Å²) in [5.41, 5.74) is 0.345. The Morgan fingerprint density at radius 3 is 2.05 bits per heavy atom. The van der Waals surface area contributed by atoms with Gasteiger partial charge < -0.3 is 14.2 Å². The summed E-state index contributed by atoms with van der Waals surface area (Å²) >= 11 is 11.6. The molecule has 0 saturated heterocycles. The number of benzene rings is 1. The van der Waals surface area contributed by atoms with E-state index < -0.39 is 12.9 Å². The Hall–Kier alpha value is -0.0900. The zero-order chi connectivity index (χ0) is 14.5. The molecule has 1 aromatic carbocycles. The number of alkyl halides is 1. The number of rotatable bonds is 7. The van der Waals surface area contributed by atoms with Crippen LogP contribution < -0.4 is 0 Å². The van der Waals surface area contributed by atoms with Crippen LogP contribution in [-0.4, -0.2) is 24.2 Å². The molecule has 0 fully saturated rings. The lowest BCUT2D eigenvalue weighted by molar-refractivity contribution is 0.0829. The number of halogens is 2. The predicted molar refractivity (Wildman–Crippen MR) is 76.9 cm³/mol. The highest BCUT2D eigenvalue weighted by molar-refractivity contribution is 7.55. The van der Waals surface area contributed by atoms with E-state index in [9.17, 15) is 9.67 Å². The van der Waals surface area contributed by atoms with Crippen LogP contribution in [0.2, 0.25) is 5.02 Å². The van der Waals surface area contributed by atoms with Crippen molar-refractivity contribution < 1.29 is 18.7 Å². The molecule has 0 aliphatic heterocycles. The van der Waals surface area contributed by atoms with Crippen LogP contribution in [0.25, 0.3) is 0 Å². The fourth-order valence-electron chi connectivity index (χ4n) is 1.62. The van der Waals surface area contributed by atoms with Gasteiger partial charge in [-0.2, -0.15) is 0 Å². The molecule has 1 N–H and O–H groups in total. The first kappa shape index (κ1) is 17.0. The van der Waals surface area contributed by atoms with Crippen LogP contribution >= 0.6 is 30.8 Å². The van der Waals surface area contributed by atoms with E-state index in [1.54, 1.807) is 38.1 Å². The second kappa shape index (κ2) is 7.07. The molecule has 1 unspecified atom stereocenters. The van der Waals surface area contributed by atoms with Gasteiger partial charge >= 0.3 is 7.60 Å². The number of hydrogen-bond acceptors (Lipinski definition) is 4. The molecule has 19 heavy (non-hydrogen) atoms. The zero-order valence-corrected chi connectivity index (χ0v) is 13.2. The Balaban J connectivity index is 3.26. The Morgan fingerprint density at radius 2 is 1.68 bits per heavy atom. The third-order valence-electron chi connectivity index (χ3n) is 2.54. The minimum atomic E-state index is -3.80. The van der Waals surface area contributed by atoms with Crippen LogP contribution in [-0.2, 0) is 19.0 Å². The quantitative estimate of drug-likeness (QED) is 0.608. The highest BCUT2D eigenvalue weighted by Crippen LogP contribution is 2.63. The van der Waals surface area contributed by atoms with Gasteiger partial charge in [0.2, 0.25) is 5.34 Å². The standard InChI is InChI=1S/C12H17Cl2O4P/c1-3-17-19(16,18-4-2)12(15,9-13)10-5-7-11(14)8-6-10/h5-8,15H,3-4,9H2,1-2H3. The SMILES string of the molecule is CCOP(=O)(OCC)C(O)(CCl)c1ccc(Cl)cc1. The van der Waals surface area contributed by atoms with Crippen molar-refractivity contribution in [2.75, 3.05) is 19.1 Å². The molecule has 1 rings (SSSR count). The lowest BCUT2D eigenvalue weighted by Gasteiger charge is -2.33. The normalized spacial score (nSPS) is 15.2. The third kappa shape index (κ3) is 3.52. The first-order chi connectivity index (χ1) is 8.93. The van der Waals surface area contributed by atoms with E-state index >= 15 is 0 Å². The van der Waals surface area contributed by atoms with Crippen molar-refractivity contribution in [3.8, 4) is 0 Å². The second-order valence-corrected chi connectivity index (χ2v) is 6.75. The molecule has 4 nitrogen and oxygen atoms in total. The minimum absolute atomic E-state index is 0.143. The lowest BCUT2D eigenvalue weighted by atomic mass is 10.1. The van der Waals surface area contributed by atoms with Gasteiger partial charge in [-0.3, -0.25) is 4.57 Å². The van der Waals surface area contributed by atoms with E-state index in [0.29, 0.717) is 10.6 Å². The third-order valence-corrected chi connectivity index (χ3v) is 5.89. The van der Waals surface area contributed by atoms with Crippen LogP contribution in [0.15, 0.2) is 24.3 Å². The van der Waals surface area contributed by atoms with E-state index in [-0.39, 0.29) is 19.1 Å². The topological polar surface area (TPSA) is 55.8 Å². The molecule has 0 radical (unpaired) electrons. The van der Waals surface area contributed by atoms with Crippen molar-refractivity contribution >= 4 is 30.8 Å². The van der Waals surface area contributed by atoms with Gasteiger partial charge in [-0.1, -0.05) is 23.7 Å². The molecule has 0 spiro atoms. The largest absolute Gasteiger partial charge is 0.372 e. The first-order valence-corrected chi connectivity index (χ1v) is 8.32. The number of aliphatic hydroxyl groups is 1. The molecule has 1 aromatic rings. The van der Waals surface area contributed by atoms with Crippen molar-refractivity contribution in [1.82, 2.24) is 0 Å². The van der Waals surface area contributed by atoms with E-state index in [2.05, 4.69) is 0 Å². The molecular formula is C12H17Cl2O4P. The zero-order valence-electron chi connectivity index (χ0n) is 10.8. The van der Waals surface area contributed by atoms with Gasteiger partial charge in [0.15, 0.2) is 0 Å². The van der Waals surface area contributed by atoms with Crippen LogP contribution in [0.5, 0.6) is 0 Å². The van der Waals surface area contributed by atoms with E-state index in [1.165, 1.54) is 0 Å². The summed E-state index contributed by atoms with van der Waals surface area (Å²) in [4.78, 5) is 0. The average Bonchev–Trinajstić information content (AvgIpc) is 2.39. The summed E-state index contributed by atoms with van der Waals surface area (Å²) in [5, 5.41) is 9.28. The molecular weight excluding hydrogens is 310 g/mol. The molecule has 0 aliphatic carbocycles. The summed E-state index contributed by atoms with van der Waals surface area (Å²) in [6.45, 7) is 3.62. The summed E-state index contributed by atoms with van der Waals surface area (Å²) < 4.78 is 23.1. The van der Waals surface area contributed by atoms with Gasteiger partial charge in [-0.15, -0.1) is 11.6 Å². The van der Waals surface area contributed by atoms with Gasteiger partial charge in [0.1, 0.15) is 0 Å². The van der Waals surface area contributed by atoms with Gasteiger partial charge in [0.25, 0.3) is 0 Å². The molecule has 0 saturated carbocycles. The molecule has 0 bridgehead atoms. The highest BCUT2D eigenvalue weighted by atomic mass is 35.5. The maximum absolute atomic E-state index is 12.7. The summed E-state index contributed by atoms with van der Waals surface area (Å²) in [6, 6.07) is 6.26. The highest BCUT2D eigenvalue weighted by Gasteiger charge is 2.50. The fourth-order valence-corrected chi connectivity index (χ4v) is 4.13. The molecule has 7 heteroatoms. The molecule has 0 amide bonds. The van der Waals surface area contributed by atoms with Gasteiger partial charge in [-0.25, -0.2) is 0 Å². The molecule has 0 aromatic heterocycles. The smallest absolute Gasteiger partial charge is 0.367 e. The van der Waals surface area contributed by atoms with Gasteiger partial charge in [0, 0.05) is 5.02 Å². The molecule has 0 heterocycles. The monoisotopic (exact) mass is 326 g/mol. The Kier molecular flexibility index (Phi) is 6.31. The van der Waals surface area contributed by atoms with Crippen molar-refractivity contribution in [2.24, 2.45) is 0 Å². The average molecular weight is 327 g/mol. The first-order valence-electron chi connectivity index (χ1n) is 5.87. The maximum atomic E-state index is 12.7. The summed E-state index contributed by atoms with van der Waals surface area (Å²) in [7, 11) is -3.80. The number of hydrogen-bond donors (Lipinski definition) is 1. The second-order valence-electron chi connectivity index (χ2n) is 3.79.